The second-order valence-electron chi connectivity index (χ2n) is 5.68. The number of nitrogens with zero attached hydrogens (tertiary/aromatic N) is 2. The average Bonchev–Trinajstić information content (AvgIpc) is 3.03. The molecule has 6 heteroatoms. The molecule has 2 aromatic heterocycles. The number of carbonyl (C=O) groups is 2. The lowest BCUT2D eigenvalue weighted by Gasteiger charge is -2.08. The monoisotopic (exact) mass is 330 g/mol. The maximum absolute atomic E-state index is 12.5. The van der Waals surface area contributed by atoms with Crippen LogP contribution in [0.4, 0.5) is 11.5 Å². The topological polar surface area (TPSA) is 84.0 Å². The zero-order valence-corrected chi connectivity index (χ0v) is 13.2. The molecule has 25 heavy (non-hydrogen) atoms. The van der Waals surface area contributed by atoms with Crippen molar-refractivity contribution in [1.29, 1.82) is 0 Å². The lowest BCUT2D eigenvalue weighted by Crippen LogP contribution is -2.15. The van der Waals surface area contributed by atoms with Gasteiger partial charge in [0.2, 0.25) is 5.91 Å². The summed E-state index contributed by atoms with van der Waals surface area (Å²) in [5, 5.41) is 5.52. The Hall–Kier alpha value is -3.54. The predicted octanol–water partition coefficient (Wildman–Crippen LogP) is 2.89. The first-order valence-corrected chi connectivity index (χ1v) is 7.80. The van der Waals surface area contributed by atoms with Gasteiger partial charge in [0.1, 0.15) is 5.82 Å². The van der Waals surface area contributed by atoms with Crippen LogP contribution >= 0.6 is 0 Å². The molecule has 0 unspecified atom stereocenters. The Kier molecular flexibility index (Phi) is 3.70. The van der Waals surface area contributed by atoms with Gasteiger partial charge >= 0.3 is 0 Å². The molecular formula is C19H14N4O2. The maximum atomic E-state index is 12.5. The zero-order valence-electron chi connectivity index (χ0n) is 13.2. The smallest absolute Gasteiger partial charge is 0.257 e. The molecular weight excluding hydrogens is 316 g/mol. The predicted molar refractivity (Wildman–Crippen MR) is 94.2 cm³/mol. The molecule has 4 rings (SSSR count). The number of benzene rings is 1. The van der Waals surface area contributed by atoms with E-state index in [4.69, 9.17) is 0 Å². The molecule has 6 nitrogen and oxygen atoms in total. The lowest BCUT2D eigenvalue weighted by atomic mass is 10.0. The van der Waals surface area contributed by atoms with Crippen LogP contribution in [0.2, 0.25) is 0 Å². The molecule has 122 valence electrons. The van der Waals surface area contributed by atoms with Crippen molar-refractivity contribution in [2.24, 2.45) is 0 Å². The van der Waals surface area contributed by atoms with Gasteiger partial charge < -0.3 is 10.6 Å². The summed E-state index contributed by atoms with van der Waals surface area (Å²) in [5.41, 5.74) is 3.77. The fourth-order valence-corrected chi connectivity index (χ4v) is 2.82. The zero-order chi connectivity index (χ0) is 17.2. The number of amides is 2. The van der Waals surface area contributed by atoms with Gasteiger partial charge in [0.25, 0.3) is 5.91 Å². The Morgan fingerprint density at radius 3 is 2.68 bits per heavy atom. The molecule has 0 spiro atoms. The van der Waals surface area contributed by atoms with Crippen LogP contribution in [-0.4, -0.2) is 21.8 Å². The SMILES string of the molecule is O=C1Cc2c(cccc2C(=O)Nc2ccc(-c3cccnc3)cn2)N1. The number of hydrogen-bond acceptors (Lipinski definition) is 4. The molecule has 0 bridgehead atoms. The van der Waals surface area contributed by atoms with Gasteiger partial charge in [0, 0.05) is 41.0 Å². The second-order valence-corrected chi connectivity index (χ2v) is 5.68. The van der Waals surface area contributed by atoms with E-state index < -0.39 is 0 Å². The molecule has 1 aliphatic heterocycles. The number of carbonyl (C=O) groups excluding carboxylic acids is 2. The fraction of sp³-hybridized carbons (Fsp3) is 0.0526. The van der Waals surface area contributed by atoms with E-state index in [1.165, 1.54) is 0 Å². The average molecular weight is 330 g/mol. The van der Waals surface area contributed by atoms with E-state index in [0.29, 0.717) is 17.1 Å². The van der Waals surface area contributed by atoms with E-state index in [9.17, 15) is 9.59 Å². The molecule has 2 amide bonds. The van der Waals surface area contributed by atoms with E-state index >= 15 is 0 Å². The Balaban J connectivity index is 1.54. The number of pyridine rings is 2. The lowest BCUT2D eigenvalue weighted by molar-refractivity contribution is -0.115. The highest BCUT2D eigenvalue weighted by Crippen LogP contribution is 2.27. The highest BCUT2D eigenvalue weighted by molar-refractivity contribution is 6.10. The summed E-state index contributed by atoms with van der Waals surface area (Å²) in [5.74, 6) is 0.0664. The molecule has 1 aliphatic rings. The summed E-state index contributed by atoms with van der Waals surface area (Å²) in [6, 6.07) is 12.7. The third kappa shape index (κ3) is 2.97. The maximum Gasteiger partial charge on any atom is 0.257 e. The first-order chi connectivity index (χ1) is 12.2. The summed E-state index contributed by atoms with van der Waals surface area (Å²) >= 11 is 0. The third-order valence-electron chi connectivity index (χ3n) is 4.03. The number of hydrogen-bond donors (Lipinski definition) is 2. The molecule has 3 heterocycles. The summed E-state index contributed by atoms with van der Waals surface area (Å²) in [4.78, 5) is 32.4. The van der Waals surface area contributed by atoms with Crippen molar-refractivity contribution in [3.05, 3.63) is 72.2 Å². The van der Waals surface area contributed by atoms with E-state index in [1.807, 2.05) is 18.2 Å². The van der Waals surface area contributed by atoms with E-state index in [1.54, 1.807) is 42.9 Å². The van der Waals surface area contributed by atoms with E-state index in [0.717, 1.165) is 16.7 Å². The Bertz CT molecular complexity index is 953. The number of fused-ring (bicyclic) bond motifs is 1. The minimum atomic E-state index is -0.282. The first kappa shape index (κ1) is 15.0. The van der Waals surface area contributed by atoms with Crippen LogP contribution in [-0.2, 0) is 11.2 Å². The minimum Gasteiger partial charge on any atom is -0.326 e. The number of nitrogens with one attached hydrogen (secondary N) is 2. The Morgan fingerprint density at radius 2 is 1.92 bits per heavy atom. The number of rotatable bonds is 3. The normalized spacial score (nSPS) is 12.4. The Morgan fingerprint density at radius 1 is 1.04 bits per heavy atom. The summed E-state index contributed by atoms with van der Waals surface area (Å²) in [7, 11) is 0. The molecule has 2 N–H and O–H groups in total. The summed E-state index contributed by atoms with van der Waals surface area (Å²) in [6.45, 7) is 0. The van der Waals surface area contributed by atoms with Gasteiger partial charge in [-0.1, -0.05) is 12.1 Å². The molecule has 0 atom stereocenters. The van der Waals surface area contributed by atoms with Crippen molar-refractivity contribution < 1.29 is 9.59 Å². The van der Waals surface area contributed by atoms with E-state index in [2.05, 4.69) is 20.6 Å². The number of anilines is 2. The van der Waals surface area contributed by atoms with Crippen molar-refractivity contribution in [2.75, 3.05) is 10.6 Å². The first-order valence-electron chi connectivity index (χ1n) is 7.80. The molecule has 0 aliphatic carbocycles. The van der Waals surface area contributed by atoms with Gasteiger partial charge in [-0.15, -0.1) is 0 Å². The van der Waals surface area contributed by atoms with Crippen LogP contribution in [0.1, 0.15) is 15.9 Å². The molecule has 0 saturated heterocycles. The Labute approximate surface area is 143 Å². The van der Waals surface area contributed by atoms with Gasteiger partial charge in [0.15, 0.2) is 0 Å². The summed E-state index contributed by atoms with van der Waals surface area (Å²) < 4.78 is 0. The van der Waals surface area contributed by atoms with Gasteiger partial charge in [-0.25, -0.2) is 4.98 Å². The van der Waals surface area contributed by atoms with Crippen LogP contribution in [0.5, 0.6) is 0 Å². The van der Waals surface area contributed by atoms with Gasteiger partial charge in [0.05, 0.1) is 6.42 Å². The van der Waals surface area contributed by atoms with Gasteiger partial charge in [-0.05, 0) is 35.9 Å². The molecule has 0 saturated carbocycles. The molecule has 0 radical (unpaired) electrons. The third-order valence-corrected chi connectivity index (χ3v) is 4.03. The largest absolute Gasteiger partial charge is 0.326 e. The highest BCUT2D eigenvalue weighted by Gasteiger charge is 2.23. The standard InChI is InChI=1S/C19H14N4O2/c24-18-9-15-14(4-1-5-16(15)22-18)19(25)23-17-7-6-13(11-21-17)12-3-2-8-20-10-12/h1-8,10-11H,9H2,(H,22,24)(H,21,23,25). The highest BCUT2D eigenvalue weighted by atomic mass is 16.2. The van der Waals surface area contributed by atoms with Crippen molar-refractivity contribution in [1.82, 2.24) is 9.97 Å². The van der Waals surface area contributed by atoms with Crippen LogP contribution in [0.15, 0.2) is 61.1 Å². The van der Waals surface area contributed by atoms with Crippen LogP contribution in [0.3, 0.4) is 0 Å². The number of aromatic nitrogens is 2. The quantitative estimate of drug-likeness (QED) is 0.773. The summed E-state index contributed by atoms with van der Waals surface area (Å²) in [6.07, 6.45) is 5.37. The van der Waals surface area contributed by atoms with Crippen molar-refractivity contribution in [3.63, 3.8) is 0 Å². The van der Waals surface area contributed by atoms with Crippen molar-refractivity contribution in [2.45, 2.75) is 6.42 Å². The van der Waals surface area contributed by atoms with Crippen molar-refractivity contribution >= 4 is 23.3 Å². The molecule has 0 fully saturated rings. The second kappa shape index (κ2) is 6.16. The van der Waals surface area contributed by atoms with E-state index in [-0.39, 0.29) is 18.2 Å². The van der Waals surface area contributed by atoms with Gasteiger partial charge in [-0.2, -0.15) is 0 Å². The van der Waals surface area contributed by atoms with Crippen LogP contribution < -0.4 is 10.6 Å². The van der Waals surface area contributed by atoms with Gasteiger partial charge in [-0.3, -0.25) is 14.6 Å². The van der Waals surface area contributed by atoms with Crippen molar-refractivity contribution in [3.8, 4) is 11.1 Å². The molecule has 3 aromatic rings. The molecule has 1 aromatic carbocycles. The van der Waals surface area contributed by atoms with Crippen LogP contribution in [0.25, 0.3) is 11.1 Å². The minimum absolute atomic E-state index is 0.103. The van der Waals surface area contributed by atoms with Crippen LogP contribution in [0, 0.1) is 0 Å². The fourth-order valence-electron chi connectivity index (χ4n) is 2.82.